The third kappa shape index (κ3) is 4.57. The van der Waals surface area contributed by atoms with Gasteiger partial charge in [0.1, 0.15) is 0 Å². The van der Waals surface area contributed by atoms with Crippen LogP contribution in [0.3, 0.4) is 0 Å². The lowest BCUT2D eigenvalue weighted by molar-refractivity contribution is 1.23. The summed E-state index contributed by atoms with van der Waals surface area (Å²) in [6.07, 6.45) is 4.71. The van der Waals surface area contributed by atoms with E-state index < -0.39 is 0 Å². The zero-order valence-corrected chi connectivity index (χ0v) is 31.1. The first-order chi connectivity index (χ1) is 27.2. The number of hydrogen-bond acceptors (Lipinski definition) is 1. The van der Waals surface area contributed by atoms with Crippen molar-refractivity contribution >= 4 is 76.2 Å². The third-order valence-electron chi connectivity index (χ3n) is 12.2. The second-order valence-electron chi connectivity index (χ2n) is 15.2. The van der Waals surface area contributed by atoms with Crippen molar-refractivity contribution in [2.24, 2.45) is 0 Å². The molecule has 2 aliphatic carbocycles. The van der Waals surface area contributed by atoms with Crippen molar-refractivity contribution in [2.75, 3.05) is 0 Å². The zero-order chi connectivity index (χ0) is 36.2. The molecule has 0 fully saturated rings. The predicted molar refractivity (Wildman–Crippen MR) is 238 cm³/mol. The number of allylic oxidation sites excluding steroid dienone is 3. The molecule has 0 spiro atoms. The number of rotatable bonds is 4. The number of benzene rings is 9. The monoisotopic (exact) mass is 714 g/mol. The summed E-state index contributed by atoms with van der Waals surface area (Å²) < 4.78 is 1.38. The van der Waals surface area contributed by atoms with E-state index in [1.54, 1.807) is 0 Å². The fraction of sp³-hybridized carbons (Fsp3) is 0.0370. The lowest BCUT2D eigenvalue weighted by atomic mass is 9.83. The molecule has 1 aromatic heterocycles. The van der Waals surface area contributed by atoms with Gasteiger partial charge in [-0.15, -0.1) is 11.3 Å². The van der Waals surface area contributed by atoms with E-state index in [0.717, 1.165) is 0 Å². The largest absolute Gasteiger partial charge is 0.135 e. The van der Waals surface area contributed by atoms with Crippen LogP contribution in [-0.2, 0) is 0 Å². The van der Waals surface area contributed by atoms with Gasteiger partial charge >= 0.3 is 0 Å². The van der Waals surface area contributed by atoms with E-state index in [9.17, 15) is 0 Å². The molecule has 1 heterocycles. The topological polar surface area (TPSA) is 0 Å². The fourth-order valence-electron chi connectivity index (χ4n) is 9.64. The summed E-state index contributed by atoms with van der Waals surface area (Å²) >= 11 is 1.93. The standard InChI is InChI=1S/C54H34S/c1-32-12-2-5-15-37(32)40-26-27-45(39-17-7-6-16-38(39)40)52-43-20-10-8-18-41(43)50(42-19-9-11-21-44(42)52)33-22-24-34(25-23-33)51-46-28-29-48-53(54(46)51)47-30-35-13-3-4-14-36(35)31-49(47)55-48/h2-31,54H,1H3. The summed E-state index contributed by atoms with van der Waals surface area (Å²) in [5, 5.41) is 11.7. The van der Waals surface area contributed by atoms with Crippen LogP contribution in [0.4, 0.5) is 0 Å². The second kappa shape index (κ2) is 11.7. The van der Waals surface area contributed by atoms with Crippen LogP contribution in [0.5, 0.6) is 0 Å². The van der Waals surface area contributed by atoms with Crippen molar-refractivity contribution in [3.63, 3.8) is 0 Å². The normalized spacial score (nSPS) is 14.7. The number of fused-ring (bicyclic) bond motifs is 9. The molecule has 0 bridgehead atoms. The number of aryl methyl sites for hydroxylation is 1. The van der Waals surface area contributed by atoms with Gasteiger partial charge in [-0.2, -0.15) is 0 Å². The summed E-state index contributed by atoms with van der Waals surface area (Å²) in [4.78, 5) is 1.40. The minimum Gasteiger partial charge on any atom is -0.135 e. The van der Waals surface area contributed by atoms with Gasteiger partial charge in [0, 0.05) is 15.5 Å². The van der Waals surface area contributed by atoms with E-state index in [0.29, 0.717) is 5.92 Å². The molecular weight excluding hydrogens is 681 g/mol. The molecule has 0 saturated heterocycles. The van der Waals surface area contributed by atoms with Crippen LogP contribution in [0.1, 0.15) is 27.5 Å². The number of thiophene rings is 1. The zero-order valence-electron chi connectivity index (χ0n) is 30.3. The maximum atomic E-state index is 2.41. The Morgan fingerprint density at radius 1 is 0.418 bits per heavy atom. The lowest BCUT2D eigenvalue weighted by Gasteiger charge is -2.20. The first kappa shape index (κ1) is 30.9. The molecule has 0 saturated carbocycles. The van der Waals surface area contributed by atoms with Crippen LogP contribution in [0.25, 0.3) is 98.2 Å². The maximum Gasteiger partial charge on any atom is 0.0372 e. The molecule has 1 atom stereocenters. The van der Waals surface area contributed by atoms with E-state index >= 15 is 0 Å². The SMILES string of the molecule is Cc1ccccc1-c1ccc(-c2c3ccccc3c(-c3ccc(C4=C5C=Cc6sc7cc8ccccc8cc7c6C54)cc3)c3ccccc23)c2ccccc12. The first-order valence-corrected chi connectivity index (χ1v) is 20.0. The minimum absolute atomic E-state index is 0.383. The lowest BCUT2D eigenvalue weighted by Crippen LogP contribution is -1.93. The highest BCUT2D eigenvalue weighted by atomic mass is 32.1. The van der Waals surface area contributed by atoms with Crippen molar-refractivity contribution in [2.45, 2.75) is 12.8 Å². The molecular formula is C54H34S. The van der Waals surface area contributed by atoms with Gasteiger partial charge in [0.05, 0.1) is 0 Å². The van der Waals surface area contributed by atoms with Crippen LogP contribution in [0, 0.1) is 6.92 Å². The Kier molecular flexibility index (Phi) is 6.58. The van der Waals surface area contributed by atoms with Gasteiger partial charge < -0.3 is 0 Å². The van der Waals surface area contributed by atoms with Crippen LogP contribution in [0.15, 0.2) is 182 Å². The Bertz CT molecular complexity index is 3260. The molecule has 0 nitrogen and oxygen atoms in total. The highest BCUT2D eigenvalue weighted by Crippen LogP contribution is 2.61. The van der Waals surface area contributed by atoms with Crippen molar-refractivity contribution in [3.8, 4) is 33.4 Å². The summed E-state index contributed by atoms with van der Waals surface area (Å²) in [7, 11) is 0. The Balaban J connectivity index is 0.991. The first-order valence-electron chi connectivity index (χ1n) is 19.2. The van der Waals surface area contributed by atoms with Crippen molar-refractivity contribution in [3.05, 3.63) is 203 Å². The molecule has 12 rings (SSSR count). The van der Waals surface area contributed by atoms with Gasteiger partial charge in [-0.05, 0) is 135 Å². The summed E-state index contributed by atoms with van der Waals surface area (Å²) in [5.41, 5.74) is 14.7. The van der Waals surface area contributed by atoms with Gasteiger partial charge in [0.2, 0.25) is 0 Å². The fourth-order valence-corrected chi connectivity index (χ4v) is 10.8. The molecule has 0 N–H and O–H groups in total. The third-order valence-corrected chi connectivity index (χ3v) is 13.3. The van der Waals surface area contributed by atoms with Gasteiger partial charge in [-0.1, -0.05) is 164 Å². The average molecular weight is 715 g/mol. The Labute approximate surface area is 324 Å². The Morgan fingerprint density at radius 3 is 1.65 bits per heavy atom. The Morgan fingerprint density at radius 2 is 0.964 bits per heavy atom. The molecule has 10 aromatic rings. The molecule has 1 heteroatoms. The quantitative estimate of drug-likeness (QED) is 0.159. The highest BCUT2D eigenvalue weighted by molar-refractivity contribution is 7.20. The smallest absolute Gasteiger partial charge is 0.0372 e. The summed E-state index contributed by atoms with van der Waals surface area (Å²) in [5.74, 6) is 0.383. The van der Waals surface area contributed by atoms with E-state index in [4.69, 9.17) is 0 Å². The molecule has 256 valence electrons. The molecule has 1 unspecified atom stereocenters. The minimum atomic E-state index is 0.383. The predicted octanol–water partition coefficient (Wildman–Crippen LogP) is 15.4. The summed E-state index contributed by atoms with van der Waals surface area (Å²) in [6, 6.07) is 63.4. The molecule has 0 radical (unpaired) electrons. The molecule has 2 aliphatic rings. The van der Waals surface area contributed by atoms with Gasteiger partial charge in [-0.25, -0.2) is 0 Å². The summed E-state index contributed by atoms with van der Waals surface area (Å²) in [6.45, 7) is 2.21. The van der Waals surface area contributed by atoms with Crippen molar-refractivity contribution in [1.82, 2.24) is 0 Å². The van der Waals surface area contributed by atoms with Crippen LogP contribution in [-0.4, -0.2) is 0 Å². The molecule has 9 aromatic carbocycles. The van der Waals surface area contributed by atoms with Crippen LogP contribution < -0.4 is 0 Å². The van der Waals surface area contributed by atoms with E-state index in [1.807, 2.05) is 11.3 Å². The number of hydrogen-bond donors (Lipinski definition) is 0. The molecule has 0 aliphatic heterocycles. The average Bonchev–Trinajstić information content (AvgIpc) is 3.86. The van der Waals surface area contributed by atoms with Gasteiger partial charge in [-0.3, -0.25) is 0 Å². The van der Waals surface area contributed by atoms with Gasteiger partial charge in [0.25, 0.3) is 0 Å². The van der Waals surface area contributed by atoms with E-state index in [2.05, 4.69) is 189 Å². The molecule has 55 heavy (non-hydrogen) atoms. The maximum absolute atomic E-state index is 2.41. The second-order valence-corrected chi connectivity index (χ2v) is 16.2. The van der Waals surface area contributed by atoms with Crippen LogP contribution >= 0.6 is 11.3 Å². The Hall–Kier alpha value is -6.54. The highest BCUT2D eigenvalue weighted by Gasteiger charge is 2.42. The molecule has 0 amide bonds. The van der Waals surface area contributed by atoms with Gasteiger partial charge in [0.15, 0.2) is 0 Å². The van der Waals surface area contributed by atoms with E-state index in [1.165, 1.54) is 119 Å². The van der Waals surface area contributed by atoms with E-state index in [-0.39, 0.29) is 0 Å². The van der Waals surface area contributed by atoms with Crippen LogP contribution in [0.2, 0.25) is 0 Å². The van der Waals surface area contributed by atoms with Crippen molar-refractivity contribution in [1.29, 1.82) is 0 Å². The van der Waals surface area contributed by atoms with Crippen molar-refractivity contribution < 1.29 is 0 Å².